The predicted molar refractivity (Wildman–Crippen MR) is 229 cm³/mol. The number of carbonyl (C=O) groups excluding carboxylic acids is 1. The Hall–Kier alpha value is -5.07. The summed E-state index contributed by atoms with van der Waals surface area (Å²) in [5.74, 6) is -0.384. The maximum atomic E-state index is 13.5. The van der Waals surface area contributed by atoms with Crippen molar-refractivity contribution in [2.24, 2.45) is 11.8 Å². The molecule has 0 aliphatic carbocycles. The maximum Gasteiger partial charge on any atom is 0.210 e. The van der Waals surface area contributed by atoms with Gasteiger partial charge in [0.15, 0.2) is 0 Å². The minimum absolute atomic E-state index is 0.107. The largest absolute Gasteiger partial charge is 0.397 e. The molecule has 0 saturated carbocycles. The first kappa shape index (κ1) is 42.5. The summed E-state index contributed by atoms with van der Waals surface area (Å²) in [5.41, 5.74) is 16.7. The summed E-state index contributed by atoms with van der Waals surface area (Å²) in [7, 11) is 0. The highest BCUT2D eigenvalue weighted by Crippen LogP contribution is 2.53. The summed E-state index contributed by atoms with van der Waals surface area (Å²) in [4.78, 5) is 13.5. The molecule has 1 fully saturated rings. The highest BCUT2D eigenvalue weighted by molar-refractivity contribution is 6.00. The van der Waals surface area contributed by atoms with Gasteiger partial charge in [-0.1, -0.05) is 102 Å². The molecular formula is C47H60N6O5. The number of hydrogen-bond donors (Lipinski definition) is 3. The average molecular weight is 789 g/mol. The lowest BCUT2D eigenvalue weighted by molar-refractivity contribution is -0.139. The second kappa shape index (κ2) is 17.8. The van der Waals surface area contributed by atoms with Gasteiger partial charge in [0.25, 0.3) is 0 Å². The molecule has 1 aliphatic heterocycles. The van der Waals surface area contributed by atoms with Crippen LogP contribution in [0, 0.1) is 11.8 Å². The molecule has 11 heteroatoms. The maximum absolute atomic E-state index is 13.5. The second-order valence-corrected chi connectivity index (χ2v) is 15.8. The van der Waals surface area contributed by atoms with E-state index in [4.69, 9.17) is 25.7 Å². The number of ketones is 1. The van der Waals surface area contributed by atoms with Crippen LogP contribution in [0.25, 0.3) is 11.0 Å². The molecule has 4 aromatic heterocycles. The van der Waals surface area contributed by atoms with Crippen LogP contribution < -0.4 is 11.5 Å². The van der Waals surface area contributed by atoms with E-state index in [-0.39, 0.29) is 30.0 Å². The molecule has 0 bridgehead atoms. The van der Waals surface area contributed by atoms with Crippen LogP contribution in [0.2, 0.25) is 0 Å². The SMILES string of the molecule is CCC(O)(CC)[C@@H](C)[C@@H](OCc1ccccc1)C(=O)c1ccc2c(N)ccnn12.CCC1(CC)OC(C)(c2ccc3c(N)ccnn23)[C@H](OCc2ccccc2)[C@@H]1C. The number of ether oxygens (including phenoxy) is 3. The minimum Gasteiger partial charge on any atom is -0.397 e. The van der Waals surface area contributed by atoms with E-state index in [9.17, 15) is 9.90 Å². The fourth-order valence-corrected chi connectivity index (χ4v) is 8.79. The topological polar surface area (TPSA) is 152 Å². The molecule has 0 radical (unpaired) electrons. The third-order valence-electron chi connectivity index (χ3n) is 12.7. The van der Waals surface area contributed by atoms with Gasteiger partial charge in [-0.05, 0) is 80.1 Å². The number of nitrogens with two attached hydrogens (primary N) is 2. The lowest BCUT2D eigenvalue weighted by Crippen LogP contribution is -2.46. The predicted octanol–water partition coefficient (Wildman–Crippen LogP) is 8.81. The number of fused-ring (bicyclic) bond motifs is 2. The van der Waals surface area contributed by atoms with Gasteiger partial charge >= 0.3 is 0 Å². The molecule has 1 aliphatic rings. The standard InChI is InChI=1S/C24H31N3O2.C23H29N3O3/c1-5-24(6-2)17(3)22(28-16-18-10-8-7-9-11-18)23(4,29-24)21-13-12-20-19(25)14-15-26-27(20)21;1-4-23(28,5-2)16(3)22(29-15-17-9-7-6-8-10-17)21(27)20-12-11-19-18(24)13-14-25-26(19)20/h7-15,17,22H,5-6,16,25H2,1-4H3;6-14,16,22,28H,4-5,15,24H2,1-3H3/t17-,22+,23?;16-,22+/m00/s1. The van der Waals surface area contributed by atoms with E-state index in [1.807, 2.05) is 86.0 Å². The molecule has 7 rings (SSSR count). The van der Waals surface area contributed by atoms with Crippen LogP contribution in [0.5, 0.6) is 0 Å². The van der Waals surface area contributed by atoms with Crippen molar-refractivity contribution in [3.8, 4) is 0 Å². The van der Waals surface area contributed by atoms with E-state index in [1.165, 1.54) is 0 Å². The smallest absolute Gasteiger partial charge is 0.210 e. The van der Waals surface area contributed by atoms with Crippen molar-refractivity contribution in [1.82, 2.24) is 19.2 Å². The highest BCUT2D eigenvalue weighted by Gasteiger charge is 2.59. The zero-order valence-corrected chi connectivity index (χ0v) is 35.0. The van der Waals surface area contributed by atoms with E-state index in [2.05, 4.69) is 56.1 Å². The van der Waals surface area contributed by atoms with E-state index in [0.717, 1.165) is 35.2 Å². The van der Waals surface area contributed by atoms with Gasteiger partial charge in [-0.15, -0.1) is 0 Å². The summed E-state index contributed by atoms with van der Waals surface area (Å²) < 4.78 is 23.1. The quantitative estimate of drug-likeness (QED) is 0.0867. The molecule has 11 nitrogen and oxygen atoms in total. The molecule has 308 valence electrons. The third-order valence-corrected chi connectivity index (χ3v) is 12.7. The Morgan fingerprint density at radius 1 is 0.810 bits per heavy atom. The van der Waals surface area contributed by atoms with Crippen molar-refractivity contribution in [3.63, 3.8) is 0 Å². The average Bonchev–Trinajstić information content (AvgIpc) is 3.95. The lowest BCUT2D eigenvalue weighted by atomic mass is 9.79. The van der Waals surface area contributed by atoms with E-state index < -0.39 is 23.2 Å². The number of hydrogen-bond acceptors (Lipinski definition) is 9. The summed E-state index contributed by atoms with van der Waals surface area (Å²) in [6.07, 6.45) is 5.31. The molecule has 58 heavy (non-hydrogen) atoms. The Labute approximate surface area is 342 Å². The van der Waals surface area contributed by atoms with Gasteiger partial charge < -0.3 is 30.8 Å². The number of anilines is 2. The number of nitrogens with zero attached hydrogens (tertiary/aromatic N) is 4. The van der Waals surface area contributed by atoms with Crippen molar-refractivity contribution in [3.05, 3.63) is 132 Å². The molecule has 2 aromatic carbocycles. The molecule has 0 amide bonds. The van der Waals surface area contributed by atoms with Crippen molar-refractivity contribution in [1.29, 1.82) is 0 Å². The molecule has 5 atom stereocenters. The van der Waals surface area contributed by atoms with Gasteiger partial charge in [0.05, 0.1) is 58.6 Å². The number of Topliss-reactive ketones (excluding diaryl/α,β-unsaturated/α-hetero) is 1. The summed E-state index contributed by atoms with van der Waals surface area (Å²) in [5, 5.41) is 19.9. The second-order valence-electron chi connectivity index (χ2n) is 15.8. The van der Waals surface area contributed by atoms with E-state index >= 15 is 0 Å². The molecular weight excluding hydrogens is 729 g/mol. The number of nitrogen functional groups attached to an aromatic ring is 2. The Kier molecular flexibility index (Phi) is 13.1. The molecule has 6 aromatic rings. The number of rotatable bonds is 15. The van der Waals surface area contributed by atoms with Crippen molar-refractivity contribution in [2.75, 3.05) is 11.5 Å². The zero-order chi connectivity index (χ0) is 41.7. The molecule has 1 unspecified atom stereocenters. The van der Waals surface area contributed by atoms with Gasteiger partial charge in [0.1, 0.15) is 17.4 Å². The van der Waals surface area contributed by atoms with Crippen molar-refractivity contribution < 1.29 is 24.1 Å². The normalized spacial score (nSPS) is 20.1. The Bertz CT molecular complexity index is 2270. The number of aromatic nitrogens is 4. The van der Waals surface area contributed by atoms with Gasteiger partial charge in [-0.25, -0.2) is 9.03 Å². The molecule has 5 heterocycles. The van der Waals surface area contributed by atoms with Gasteiger partial charge in [0, 0.05) is 24.2 Å². The molecule has 0 spiro atoms. The summed E-state index contributed by atoms with van der Waals surface area (Å²) >= 11 is 0. The fraction of sp³-hybridized carbons (Fsp3) is 0.426. The number of aliphatic hydroxyl groups is 1. The van der Waals surface area contributed by atoms with Crippen molar-refractivity contribution in [2.45, 2.75) is 116 Å². The Morgan fingerprint density at radius 3 is 1.91 bits per heavy atom. The number of benzene rings is 2. The van der Waals surface area contributed by atoms with Crippen LogP contribution >= 0.6 is 0 Å². The minimum atomic E-state index is -1.00. The summed E-state index contributed by atoms with van der Waals surface area (Å²) in [6.45, 7) is 15.4. The van der Waals surface area contributed by atoms with Gasteiger partial charge in [-0.3, -0.25) is 4.79 Å². The van der Waals surface area contributed by atoms with E-state index in [0.29, 0.717) is 42.0 Å². The number of carbonyl (C=O) groups is 1. The molecule has 5 N–H and O–H groups in total. The van der Waals surface area contributed by atoms with Crippen LogP contribution in [-0.4, -0.2) is 53.5 Å². The highest BCUT2D eigenvalue weighted by atomic mass is 16.6. The monoisotopic (exact) mass is 788 g/mol. The first-order valence-corrected chi connectivity index (χ1v) is 20.6. The first-order valence-electron chi connectivity index (χ1n) is 20.6. The Balaban J connectivity index is 0.000000196. The van der Waals surface area contributed by atoms with Crippen LogP contribution in [-0.2, 0) is 33.0 Å². The van der Waals surface area contributed by atoms with Crippen LogP contribution in [0.4, 0.5) is 11.4 Å². The Morgan fingerprint density at radius 2 is 1.34 bits per heavy atom. The molecule has 1 saturated heterocycles. The third kappa shape index (κ3) is 8.14. The zero-order valence-electron chi connectivity index (χ0n) is 35.0. The van der Waals surface area contributed by atoms with E-state index in [1.54, 1.807) is 35.1 Å². The first-order chi connectivity index (χ1) is 27.9. The van der Waals surface area contributed by atoms with Gasteiger partial charge in [0.2, 0.25) is 5.78 Å². The van der Waals surface area contributed by atoms with Gasteiger partial charge in [-0.2, -0.15) is 10.2 Å². The fourth-order valence-electron chi connectivity index (χ4n) is 8.79. The summed E-state index contributed by atoms with van der Waals surface area (Å²) in [6, 6.07) is 31.1. The lowest BCUT2D eigenvalue weighted by Gasteiger charge is -2.36. The van der Waals surface area contributed by atoms with Crippen LogP contribution in [0.15, 0.2) is 109 Å². The van der Waals surface area contributed by atoms with Crippen LogP contribution in [0.3, 0.4) is 0 Å². The van der Waals surface area contributed by atoms with Crippen LogP contribution in [0.1, 0.15) is 101 Å². The van der Waals surface area contributed by atoms with Crippen molar-refractivity contribution >= 4 is 28.2 Å².